The second-order valence-electron chi connectivity index (χ2n) is 5.39. The minimum absolute atomic E-state index is 0.00691. The molecule has 2 rings (SSSR count). The van der Waals surface area contributed by atoms with Gasteiger partial charge in [-0.25, -0.2) is 0 Å². The normalized spacial score (nSPS) is 11.5. The van der Waals surface area contributed by atoms with Crippen LogP contribution < -0.4 is 10.1 Å². The van der Waals surface area contributed by atoms with Gasteiger partial charge >= 0.3 is 6.18 Å². The molecule has 0 aromatic heterocycles. The highest BCUT2D eigenvalue weighted by atomic mass is 19.4. The Morgan fingerprint density at radius 3 is 2.57 bits per heavy atom. The summed E-state index contributed by atoms with van der Waals surface area (Å²) in [6.45, 7) is 0. The van der Waals surface area contributed by atoms with Crippen molar-refractivity contribution < 1.29 is 27.6 Å². The van der Waals surface area contributed by atoms with Crippen molar-refractivity contribution in [3.05, 3.63) is 69.3 Å². The summed E-state index contributed by atoms with van der Waals surface area (Å²) in [6.07, 6.45) is -3.59. The van der Waals surface area contributed by atoms with E-state index < -0.39 is 28.1 Å². The molecular formula is C18H12F3N3O4. The third-order valence-electron chi connectivity index (χ3n) is 3.53. The fourth-order valence-corrected chi connectivity index (χ4v) is 2.22. The van der Waals surface area contributed by atoms with Gasteiger partial charge in [-0.2, -0.15) is 18.4 Å². The molecule has 2 aromatic rings. The van der Waals surface area contributed by atoms with Crippen molar-refractivity contribution >= 4 is 23.4 Å². The molecule has 0 saturated carbocycles. The summed E-state index contributed by atoms with van der Waals surface area (Å²) in [5.41, 5.74) is -1.82. The number of nitro groups is 1. The number of nitriles is 1. The number of halogens is 3. The van der Waals surface area contributed by atoms with E-state index in [9.17, 15) is 33.3 Å². The van der Waals surface area contributed by atoms with Gasteiger partial charge in [-0.15, -0.1) is 0 Å². The Bertz CT molecular complexity index is 994. The van der Waals surface area contributed by atoms with Crippen molar-refractivity contribution in [3.63, 3.8) is 0 Å². The van der Waals surface area contributed by atoms with E-state index >= 15 is 0 Å². The zero-order valence-electron chi connectivity index (χ0n) is 14.3. The molecule has 144 valence electrons. The Labute approximate surface area is 156 Å². The van der Waals surface area contributed by atoms with Crippen molar-refractivity contribution in [1.82, 2.24) is 0 Å². The number of methoxy groups -OCH3 is 1. The molecule has 0 radical (unpaired) electrons. The van der Waals surface area contributed by atoms with Crippen molar-refractivity contribution in [2.45, 2.75) is 6.18 Å². The fourth-order valence-electron chi connectivity index (χ4n) is 2.22. The van der Waals surface area contributed by atoms with Gasteiger partial charge in [0.2, 0.25) is 0 Å². The van der Waals surface area contributed by atoms with E-state index in [0.29, 0.717) is 0 Å². The minimum Gasteiger partial charge on any atom is -0.495 e. The molecule has 0 aliphatic rings. The molecule has 0 atom stereocenters. The number of benzene rings is 2. The van der Waals surface area contributed by atoms with Crippen molar-refractivity contribution in [3.8, 4) is 11.8 Å². The Kier molecular flexibility index (Phi) is 6.00. The maximum atomic E-state index is 12.8. The lowest BCUT2D eigenvalue weighted by Crippen LogP contribution is -2.14. The van der Waals surface area contributed by atoms with Crippen LogP contribution in [0.3, 0.4) is 0 Å². The molecule has 0 unspecified atom stereocenters. The lowest BCUT2D eigenvalue weighted by molar-refractivity contribution is -0.384. The van der Waals surface area contributed by atoms with E-state index in [-0.39, 0.29) is 22.7 Å². The highest BCUT2D eigenvalue weighted by Gasteiger charge is 2.30. The molecule has 1 amide bonds. The predicted molar refractivity (Wildman–Crippen MR) is 93.3 cm³/mol. The first-order chi connectivity index (χ1) is 13.2. The van der Waals surface area contributed by atoms with Gasteiger partial charge in [0.25, 0.3) is 11.6 Å². The van der Waals surface area contributed by atoms with E-state index in [4.69, 9.17) is 4.74 Å². The number of anilines is 1. The number of carbonyl (C=O) groups is 1. The fraction of sp³-hybridized carbons (Fsp3) is 0.111. The van der Waals surface area contributed by atoms with Crippen LogP contribution in [0.4, 0.5) is 24.5 Å². The van der Waals surface area contributed by atoms with Crippen LogP contribution in [0.5, 0.6) is 5.75 Å². The average molecular weight is 391 g/mol. The number of ether oxygens (including phenoxy) is 1. The molecule has 0 saturated heterocycles. The monoisotopic (exact) mass is 391 g/mol. The number of amides is 1. The van der Waals surface area contributed by atoms with Crippen LogP contribution in [-0.4, -0.2) is 17.9 Å². The zero-order valence-corrected chi connectivity index (χ0v) is 14.3. The van der Waals surface area contributed by atoms with E-state index in [1.807, 2.05) is 0 Å². The number of hydrogen-bond acceptors (Lipinski definition) is 5. The number of alkyl halides is 3. The quantitative estimate of drug-likeness (QED) is 0.356. The molecule has 7 nitrogen and oxygen atoms in total. The zero-order chi connectivity index (χ0) is 20.9. The average Bonchev–Trinajstić information content (AvgIpc) is 2.65. The van der Waals surface area contributed by atoms with Crippen LogP contribution >= 0.6 is 0 Å². The van der Waals surface area contributed by atoms with Crippen LogP contribution in [0.1, 0.15) is 11.1 Å². The Morgan fingerprint density at radius 1 is 1.29 bits per heavy atom. The van der Waals surface area contributed by atoms with E-state index in [1.165, 1.54) is 19.2 Å². The van der Waals surface area contributed by atoms with Gasteiger partial charge in [0.15, 0.2) is 0 Å². The molecule has 0 aliphatic heterocycles. The lowest BCUT2D eigenvalue weighted by Gasteiger charge is -2.10. The van der Waals surface area contributed by atoms with Gasteiger partial charge in [-0.3, -0.25) is 14.9 Å². The first-order valence-electron chi connectivity index (χ1n) is 7.58. The molecule has 2 aromatic carbocycles. The van der Waals surface area contributed by atoms with Crippen LogP contribution in [0.15, 0.2) is 48.0 Å². The third-order valence-corrected chi connectivity index (χ3v) is 3.53. The number of carbonyl (C=O) groups excluding carboxylic acids is 1. The smallest absolute Gasteiger partial charge is 0.416 e. The van der Waals surface area contributed by atoms with Crippen molar-refractivity contribution in [2.75, 3.05) is 12.4 Å². The minimum atomic E-state index is -4.57. The van der Waals surface area contributed by atoms with Gasteiger partial charge < -0.3 is 10.1 Å². The molecule has 0 aliphatic carbocycles. The van der Waals surface area contributed by atoms with Crippen LogP contribution in [0, 0.1) is 21.4 Å². The number of hydrogen-bond donors (Lipinski definition) is 1. The summed E-state index contributed by atoms with van der Waals surface area (Å²) in [5, 5.41) is 22.4. The van der Waals surface area contributed by atoms with Gasteiger partial charge in [0.05, 0.1) is 23.3 Å². The maximum absolute atomic E-state index is 12.8. The number of non-ortho nitro benzene ring substituents is 1. The number of nitrogens with one attached hydrogen (secondary N) is 1. The van der Waals surface area contributed by atoms with E-state index in [2.05, 4.69) is 5.32 Å². The van der Waals surface area contributed by atoms with Gasteiger partial charge in [0.1, 0.15) is 17.4 Å². The number of rotatable bonds is 5. The Hall–Kier alpha value is -3.87. The van der Waals surface area contributed by atoms with Gasteiger partial charge in [0, 0.05) is 12.1 Å². The molecule has 1 N–H and O–H groups in total. The highest BCUT2D eigenvalue weighted by Crippen LogP contribution is 2.31. The molecule has 0 bridgehead atoms. The third kappa shape index (κ3) is 4.85. The molecule has 0 spiro atoms. The predicted octanol–water partition coefficient (Wildman–Crippen LogP) is 4.17. The first kappa shape index (κ1) is 20.4. The molecular weight excluding hydrogens is 379 g/mol. The van der Waals surface area contributed by atoms with Gasteiger partial charge in [-0.1, -0.05) is 12.1 Å². The Balaban J connectivity index is 2.35. The summed E-state index contributed by atoms with van der Waals surface area (Å²) in [6, 6.07) is 9.15. The SMILES string of the molecule is COc1ccc([N+](=O)[O-])cc1NC(=O)/C(C#N)=C/c1cccc(C(F)(F)F)c1. The van der Waals surface area contributed by atoms with Crippen LogP contribution in [0.25, 0.3) is 6.08 Å². The first-order valence-corrected chi connectivity index (χ1v) is 7.58. The van der Waals surface area contributed by atoms with Crippen molar-refractivity contribution in [2.24, 2.45) is 0 Å². The summed E-state index contributed by atoms with van der Waals surface area (Å²) < 4.78 is 43.4. The maximum Gasteiger partial charge on any atom is 0.416 e. The number of nitrogens with zero attached hydrogens (tertiary/aromatic N) is 2. The van der Waals surface area contributed by atoms with Crippen LogP contribution in [0.2, 0.25) is 0 Å². The summed E-state index contributed by atoms with van der Waals surface area (Å²) in [7, 11) is 1.28. The van der Waals surface area contributed by atoms with E-state index in [0.717, 1.165) is 36.4 Å². The second kappa shape index (κ2) is 8.22. The number of nitro benzene ring substituents is 1. The standard InChI is InChI=1S/C18H12F3N3O4/c1-28-16-6-5-14(24(26)27)9-15(16)23-17(25)12(10-22)7-11-3-2-4-13(8-11)18(19,20)21/h2-9H,1H3,(H,23,25)/b12-7+. The molecule has 0 heterocycles. The lowest BCUT2D eigenvalue weighted by atomic mass is 10.1. The van der Waals surface area contributed by atoms with E-state index in [1.54, 1.807) is 6.07 Å². The summed E-state index contributed by atoms with van der Waals surface area (Å²) in [4.78, 5) is 22.5. The second-order valence-corrected chi connectivity index (χ2v) is 5.39. The summed E-state index contributed by atoms with van der Waals surface area (Å²) in [5.74, 6) is -0.853. The highest BCUT2D eigenvalue weighted by molar-refractivity contribution is 6.10. The summed E-state index contributed by atoms with van der Waals surface area (Å²) >= 11 is 0. The molecule has 10 heteroatoms. The van der Waals surface area contributed by atoms with Crippen LogP contribution in [-0.2, 0) is 11.0 Å². The largest absolute Gasteiger partial charge is 0.495 e. The molecule has 0 fully saturated rings. The topological polar surface area (TPSA) is 105 Å². The Morgan fingerprint density at radius 2 is 2.00 bits per heavy atom. The van der Waals surface area contributed by atoms with Gasteiger partial charge in [-0.05, 0) is 29.8 Å². The van der Waals surface area contributed by atoms with Crippen molar-refractivity contribution in [1.29, 1.82) is 5.26 Å². The molecule has 28 heavy (non-hydrogen) atoms.